The molecule has 0 aromatic carbocycles. The molecule has 0 spiro atoms. The Morgan fingerprint density at radius 3 is 2.48 bits per heavy atom. The Morgan fingerprint density at radius 1 is 1.12 bits per heavy atom. The van der Waals surface area contributed by atoms with Gasteiger partial charge in [-0.15, -0.1) is 0 Å². The van der Waals surface area contributed by atoms with Gasteiger partial charge in [-0.05, 0) is 50.5 Å². The zero-order chi connectivity index (χ0) is 18.4. The van der Waals surface area contributed by atoms with Crippen LogP contribution in [-0.4, -0.2) is 54.6 Å². The molecular weight excluding hydrogens is 316 g/mol. The summed E-state index contributed by atoms with van der Waals surface area (Å²) in [6.45, 7) is 11.3. The number of carbonyl (C=O) groups is 2. The van der Waals surface area contributed by atoms with Gasteiger partial charge in [0.25, 0.3) is 0 Å². The number of hydrogen-bond acceptors (Lipinski definition) is 3. The summed E-state index contributed by atoms with van der Waals surface area (Å²) in [5.41, 5.74) is 2.83. The first-order chi connectivity index (χ1) is 11.8. The summed E-state index contributed by atoms with van der Waals surface area (Å²) in [7, 11) is 0. The third kappa shape index (κ3) is 5.10. The molecule has 0 N–H and O–H groups in total. The normalized spacial score (nSPS) is 21.4. The number of hydrogen-bond donors (Lipinski definition) is 0. The summed E-state index contributed by atoms with van der Waals surface area (Å²) < 4.78 is 5.06. The van der Waals surface area contributed by atoms with Gasteiger partial charge in [0.05, 0.1) is 6.61 Å². The third-order valence-electron chi connectivity index (χ3n) is 5.27. The number of amides is 2. The minimum Gasteiger partial charge on any atom is -0.450 e. The zero-order valence-corrected chi connectivity index (χ0v) is 16.1. The Kier molecular flexibility index (Phi) is 6.68. The molecule has 140 valence electrons. The Morgan fingerprint density at radius 2 is 1.80 bits per heavy atom. The molecule has 1 saturated heterocycles. The molecule has 25 heavy (non-hydrogen) atoms. The molecule has 0 bridgehead atoms. The Balaban J connectivity index is 1.98. The molecule has 0 radical (unpaired) electrons. The maximum absolute atomic E-state index is 12.6. The molecule has 0 atom stereocenters. The van der Waals surface area contributed by atoms with Crippen LogP contribution in [0.3, 0.4) is 0 Å². The summed E-state index contributed by atoms with van der Waals surface area (Å²) in [4.78, 5) is 28.0. The molecule has 5 heteroatoms. The second-order valence-corrected chi connectivity index (χ2v) is 7.63. The first-order valence-corrected chi connectivity index (χ1v) is 9.44. The van der Waals surface area contributed by atoms with Gasteiger partial charge in [-0.3, -0.25) is 4.79 Å². The molecule has 5 nitrogen and oxygen atoms in total. The van der Waals surface area contributed by atoms with Gasteiger partial charge >= 0.3 is 6.09 Å². The van der Waals surface area contributed by atoms with Gasteiger partial charge in [-0.2, -0.15) is 0 Å². The van der Waals surface area contributed by atoms with Crippen molar-refractivity contribution in [2.45, 2.75) is 53.4 Å². The van der Waals surface area contributed by atoms with Crippen LogP contribution in [0.25, 0.3) is 0 Å². The quantitative estimate of drug-likeness (QED) is 0.730. The highest BCUT2D eigenvalue weighted by molar-refractivity contribution is 5.88. The fourth-order valence-corrected chi connectivity index (χ4v) is 3.81. The lowest BCUT2D eigenvalue weighted by Crippen LogP contribution is -2.37. The van der Waals surface area contributed by atoms with Crippen LogP contribution in [0, 0.1) is 5.41 Å². The van der Waals surface area contributed by atoms with Crippen molar-refractivity contribution in [1.82, 2.24) is 9.80 Å². The van der Waals surface area contributed by atoms with Crippen molar-refractivity contribution in [3.8, 4) is 0 Å². The van der Waals surface area contributed by atoms with Gasteiger partial charge in [0, 0.05) is 32.3 Å². The first kappa shape index (κ1) is 19.5. The Hall–Kier alpha value is -1.78. The smallest absolute Gasteiger partial charge is 0.409 e. The second kappa shape index (κ2) is 8.54. The SMILES string of the molecule is CCOC(=O)N1CCCN(C(=O)/C=C/C2=C(C)CCCC2(C)C)CC1. The summed E-state index contributed by atoms with van der Waals surface area (Å²) in [6, 6.07) is 0. The average Bonchev–Trinajstić information content (AvgIpc) is 2.80. The minimum absolute atomic E-state index is 0.0346. The van der Waals surface area contributed by atoms with Crippen LogP contribution in [0.4, 0.5) is 4.79 Å². The van der Waals surface area contributed by atoms with E-state index in [-0.39, 0.29) is 17.4 Å². The molecule has 1 fully saturated rings. The van der Waals surface area contributed by atoms with Gasteiger partial charge in [0.15, 0.2) is 0 Å². The first-order valence-electron chi connectivity index (χ1n) is 9.44. The van der Waals surface area contributed by atoms with Crippen molar-refractivity contribution in [3.05, 3.63) is 23.3 Å². The Labute approximate surface area is 151 Å². The number of nitrogens with zero attached hydrogens (tertiary/aromatic N) is 2. The standard InChI is InChI=1S/C20H32N2O3/c1-5-25-19(24)22-13-7-12-21(14-15-22)18(23)10-9-17-16(2)8-6-11-20(17,3)4/h9-10H,5-8,11-15H2,1-4H3/b10-9+. The molecule has 2 rings (SSSR count). The lowest BCUT2D eigenvalue weighted by molar-refractivity contribution is -0.125. The zero-order valence-electron chi connectivity index (χ0n) is 16.1. The van der Waals surface area contributed by atoms with Gasteiger partial charge in [-0.25, -0.2) is 4.79 Å². The summed E-state index contributed by atoms with van der Waals surface area (Å²) in [5.74, 6) is 0.0346. The van der Waals surface area contributed by atoms with E-state index in [0.29, 0.717) is 32.8 Å². The maximum atomic E-state index is 12.6. The van der Waals surface area contributed by atoms with Crippen molar-refractivity contribution in [2.24, 2.45) is 5.41 Å². The van der Waals surface area contributed by atoms with E-state index in [1.165, 1.54) is 17.6 Å². The summed E-state index contributed by atoms with van der Waals surface area (Å²) in [5, 5.41) is 0. The van der Waals surface area contributed by atoms with Crippen LogP contribution in [0.2, 0.25) is 0 Å². The van der Waals surface area contributed by atoms with E-state index in [1.807, 2.05) is 11.0 Å². The molecule has 0 aromatic heterocycles. The second-order valence-electron chi connectivity index (χ2n) is 7.63. The monoisotopic (exact) mass is 348 g/mol. The fourth-order valence-electron chi connectivity index (χ4n) is 3.81. The van der Waals surface area contributed by atoms with Gasteiger partial charge < -0.3 is 14.5 Å². The minimum atomic E-state index is -0.280. The van der Waals surface area contributed by atoms with E-state index in [0.717, 1.165) is 19.3 Å². The molecule has 1 aliphatic heterocycles. The van der Waals surface area contributed by atoms with Crippen LogP contribution in [0.15, 0.2) is 23.3 Å². The number of rotatable bonds is 3. The van der Waals surface area contributed by atoms with Crippen molar-refractivity contribution < 1.29 is 14.3 Å². The highest BCUT2D eigenvalue weighted by atomic mass is 16.6. The predicted octanol–water partition coefficient (Wildman–Crippen LogP) is 3.76. The third-order valence-corrected chi connectivity index (χ3v) is 5.27. The van der Waals surface area contributed by atoms with E-state index in [9.17, 15) is 9.59 Å². The summed E-state index contributed by atoms with van der Waals surface area (Å²) in [6.07, 6.45) is 7.74. The van der Waals surface area contributed by atoms with E-state index < -0.39 is 0 Å². The average molecular weight is 348 g/mol. The van der Waals surface area contributed by atoms with Crippen LogP contribution in [-0.2, 0) is 9.53 Å². The molecule has 0 unspecified atom stereocenters. The van der Waals surface area contributed by atoms with Gasteiger partial charge in [0.2, 0.25) is 5.91 Å². The highest BCUT2D eigenvalue weighted by Crippen LogP contribution is 2.40. The highest BCUT2D eigenvalue weighted by Gasteiger charge is 2.27. The topological polar surface area (TPSA) is 49.9 Å². The van der Waals surface area contributed by atoms with Crippen LogP contribution in [0.5, 0.6) is 0 Å². The van der Waals surface area contributed by atoms with E-state index in [4.69, 9.17) is 4.74 Å². The van der Waals surface area contributed by atoms with E-state index in [2.05, 4.69) is 20.8 Å². The number of carbonyl (C=O) groups excluding carboxylic acids is 2. The van der Waals surface area contributed by atoms with Crippen molar-refractivity contribution in [3.63, 3.8) is 0 Å². The van der Waals surface area contributed by atoms with E-state index in [1.54, 1.807) is 17.9 Å². The van der Waals surface area contributed by atoms with Crippen molar-refractivity contribution >= 4 is 12.0 Å². The van der Waals surface area contributed by atoms with Crippen molar-refractivity contribution in [2.75, 3.05) is 32.8 Å². The number of ether oxygens (including phenoxy) is 1. The maximum Gasteiger partial charge on any atom is 0.409 e. The lowest BCUT2D eigenvalue weighted by Gasteiger charge is -2.33. The fraction of sp³-hybridized carbons (Fsp3) is 0.700. The van der Waals surface area contributed by atoms with Crippen LogP contribution in [0.1, 0.15) is 53.4 Å². The van der Waals surface area contributed by atoms with Crippen LogP contribution >= 0.6 is 0 Å². The van der Waals surface area contributed by atoms with Gasteiger partial charge in [0.1, 0.15) is 0 Å². The van der Waals surface area contributed by atoms with Crippen LogP contribution < -0.4 is 0 Å². The Bertz CT molecular complexity index is 563. The molecule has 0 saturated carbocycles. The molecule has 2 aliphatic rings. The molecule has 2 amide bonds. The van der Waals surface area contributed by atoms with Crippen molar-refractivity contribution in [1.29, 1.82) is 0 Å². The van der Waals surface area contributed by atoms with Gasteiger partial charge in [-0.1, -0.05) is 25.5 Å². The largest absolute Gasteiger partial charge is 0.450 e. The lowest BCUT2D eigenvalue weighted by atomic mass is 9.72. The number of allylic oxidation sites excluding steroid dienone is 3. The molecule has 0 aromatic rings. The summed E-state index contributed by atoms with van der Waals surface area (Å²) >= 11 is 0. The predicted molar refractivity (Wildman–Crippen MR) is 99.3 cm³/mol. The molecule has 1 heterocycles. The molecule has 1 aliphatic carbocycles. The molecular formula is C20H32N2O3. The van der Waals surface area contributed by atoms with E-state index >= 15 is 0 Å².